The molecule has 0 radical (unpaired) electrons. The van der Waals surface area contributed by atoms with Crippen LogP contribution >= 0.6 is 0 Å². The van der Waals surface area contributed by atoms with Gasteiger partial charge in [-0.2, -0.15) is 0 Å². The summed E-state index contributed by atoms with van der Waals surface area (Å²) in [4.78, 5) is 0. The van der Waals surface area contributed by atoms with E-state index in [2.05, 4.69) is 101 Å². The lowest BCUT2D eigenvalue weighted by atomic mass is 10.1. The van der Waals surface area contributed by atoms with Crippen LogP contribution < -0.4 is 10.4 Å². The summed E-state index contributed by atoms with van der Waals surface area (Å²) in [7, 11) is -2.38. The molecule has 0 aliphatic rings. The molecular formula is C33H52OSi. The number of allylic oxidation sites excluding steroid dienone is 2. The van der Waals surface area contributed by atoms with Crippen LogP contribution in [0.25, 0.3) is 0 Å². The summed E-state index contributed by atoms with van der Waals surface area (Å²) in [5.74, 6) is 0. The summed E-state index contributed by atoms with van der Waals surface area (Å²) < 4.78 is 6.98. The van der Waals surface area contributed by atoms with Crippen molar-refractivity contribution in [2.75, 3.05) is 6.61 Å². The molecule has 35 heavy (non-hydrogen) atoms. The zero-order valence-corrected chi connectivity index (χ0v) is 24.2. The molecule has 2 rings (SSSR count). The van der Waals surface area contributed by atoms with Gasteiger partial charge in [-0.05, 0) is 41.1 Å². The molecule has 0 aliphatic heterocycles. The predicted octanol–water partition coefficient (Wildman–Crippen LogP) is 9.21. The molecule has 0 aromatic heterocycles. The van der Waals surface area contributed by atoms with E-state index in [1.54, 1.807) is 0 Å². The van der Waals surface area contributed by atoms with Crippen molar-refractivity contribution in [2.45, 2.75) is 116 Å². The summed E-state index contributed by atoms with van der Waals surface area (Å²) in [6.07, 6.45) is 22.3. The molecule has 2 aromatic carbocycles. The highest BCUT2D eigenvalue weighted by Crippen LogP contribution is 2.36. The van der Waals surface area contributed by atoms with Crippen molar-refractivity contribution in [1.29, 1.82) is 0 Å². The lowest BCUT2D eigenvalue weighted by Crippen LogP contribution is -2.66. The number of unbranched alkanes of at least 4 members (excludes halogenated alkanes) is 11. The second kappa shape index (κ2) is 16.9. The smallest absolute Gasteiger partial charge is 0.261 e. The fraction of sp³-hybridized carbons (Fsp3) is 0.576. The normalized spacial score (nSPS) is 12.5. The lowest BCUT2D eigenvalue weighted by molar-refractivity contribution is 0.293. The van der Waals surface area contributed by atoms with Gasteiger partial charge in [0.25, 0.3) is 8.32 Å². The van der Waals surface area contributed by atoms with Crippen molar-refractivity contribution in [1.82, 2.24) is 0 Å². The summed E-state index contributed by atoms with van der Waals surface area (Å²) in [5, 5.41) is 2.80. The topological polar surface area (TPSA) is 9.23 Å². The Hall–Kier alpha value is -1.64. The van der Waals surface area contributed by atoms with Crippen LogP contribution in [0.5, 0.6) is 0 Å². The van der Waals surface area contributed by atoms with Crippen LogP contribution in [0.2, 0.25) is 5.04 Å². The Morgan fingerprint density at radius 3 is 1.49 bits per heavy atom. The van der Waals surface area contributed by atoms with E-state index in [-0.39, 0.29) is 5.04 Å². The van der Waals surface area contributed by atoms with Crippen LogP contribution in [0.3, 0.4) is 0 Å². The first-order valence-corrected chi connectivity index (χ1v) is 16.3. The number of hydrogen-bond donors (Lipinski definition) is 0. The minimum Gasteiger partial charge on any atom is -0.407 e. The van der Waals surface area contributed by atoms with Crippen LogP contribution in [0.1, 0.15) is 111 Å². The summed E-state index contributed by atoms with van der Waals surface area (Å²) >= 11 is 0. The third-order valence-electron chi connectivity index (χ3n) is 7.14. The molecule has 0 N–H and O–H groups in total. The molecule has 194 valence electrons. The van der Waals surface area contributed by atoms with Gasteiger partial charge in [0.2, 0.25) is 0 Å². The summed E-state index contributed by atoms with van der Waals surface area (Å²) in [6.45, 7) is 10.2. The molecule has 2 aromatic rings. The van der Waals surface area contributed by atoms with E-state index in [9.17, 15) is 0 Å². The molecule has 0 unspecified atom stereocenters. The quantitative estimate of drug-likeness (QED) is 0.114. The van der Waals surface area contributed by atoms with Gasteiger partial charge in [0.05, 0.1) is 0 Å². The molecule has 0 fully saturated rings. The van der Waals surface area contributed by atoms with Crippen LogP contribution in [0.4, 0.5) is 0 Å². The fourth-order valence-corrected chi connectivity index (χ4v) is 9.78. The van der Waals surface area contributed by atoms with Gasteiger partial charge in [-0.1, -0.05) is 158 Å². The number of benzene rings is 2. The average molecular weight is 493 g/mol. The van der Waals surface area contributed by atoms with Crippen molar-refractivity contribution in [3.8, 4) is 0 Å². The van der Waals surface area contributed by atoms with Crippen molar-refractivity contribution >= 4 is 18.7 Å². The molecular weight excluding hydrogens is 440 g/mol. The first-order chi connectivity index (χ1) is 17.0. The first kappa shape index (κ1) is 29.6. The maximum atomic E-state index is 6.98. The maximum absolute atomic E-state index is 6.98. The van der Waals surface area contributed by atoms with E-state index in [1.807, 2.05) is 0 Å². The Morgan fingerprint density at radius 1 is 0.600 bits per heavy atom. The van der Waals surface area contributed by atoms with Crippen LogP contribution in [0.15, 0.2) is 72.8 Å². The first-order valence-electron chi connectivity index (χ1n) is 14.4. The SMILES string of the molecule is CCCCCCCCCCCC/C=C/CCCO[Si](c1ccccc1)(c1ccccc1)C(C)(C)C. The maximum Gasteiger partial charge on any atom is 0.261 e. The molecule has 0 saturated heterocycles. The van der Waals surface area contributed by atoms with E-state index < -0.39 is 8.32 Å². The molecule has 0 bridgehead atoms. The predicted molar refractivity (Wildman–Crippen MR) is 158 cm³/mol. The second-order valence-electron chi connectivity index (χ2n) is 11.1. The Kier molecular flexibility index (Phi) is 14.3. The van der Waals surface area contributed by atoms with Gasteiger partial charge < -0.3 is 4.43 Å². The van der Waals surface area contributed by atoms with Crippen molar-refractivity contribution in [3.63, 3.8) is 0 Å². The van der Waals surface area contributed by atoms with Crippen LogP contribution in [0, 0.1) is 0 Å². The summed E-state index contributed by atoms with van der Waals surface area (Å²) in [6, 6.07) is 21.9. The van der Waals surface area contributed by atoms with E-state index >= 15 is 0 Å². The van der Waals surface area contributed by atoms with Crippen molar-refractivity contribution in [3.05, 3.63) is 72.8 Å². The Morgan fingerprint density at radius 2 is 1.03 bits per heavy atom. The Bertz CT molecular complexity index is 751. The second-order valence-corrected chi connectivity index (χ2v) is 15.4. The highest BCUT2D eigenvalue weighted by Gasteiger charge is 2.49. The fourth-order valence-electron chi connectivity index (χ4n) is 5.17. The highest BCUT2D eigenvalue weighted by atomic mass is 28.4. The van der Waals surface area contributed by atoms with E-state index in [0.717, 1.165) is 19.4 Å². The molecule has 0 atom stereocenters. The van der Waals surface area contributed by atoms with Crippen molar-refractivity contribution < 1.29 is 4.43 Å². The summed E-state index contributed by atoms with van der Waals surface area (Å²) in [5.41, 5.74) is 0. The van der Waals surface area contributed by atoms with Gasteiger partial charge in [0.15, 0.2) is 0 Å². The number of hydrogen-bond acceptors (Lipinski definition) is 1. The third kappa shape index (κ3) is 10.1. The standard InChI is InChI=1S/C33H52OSi/c1-5-6-7-8-9-10-11-12-13-14-15-16-17-18-25-30-34-35(33(2,3)4,31-26-21-19-22-27-31)32-28-23-20-24-29-32/h16-17,19-24,26-29H,5-15,18,25,30H2,1-4H3/b17-16+. The largest absolute Gasteiger partial charge is 0.407 e. The van der Waals surface area contributed by atoms with Gasteiger partial charge in [0, 0.05) is 6.61 Å². The molecule has 0 heterocycles. The highest BCUT2D eigenvalue weighted by molar-refractivity contribution is 6.99. The van der Waals surface area contributed by atoms with E-state index in [1.165, 1.54) is 81.0 Å². The van der Waals surface area contributed by atoms with Gasteiger partial charge in [-0.3, -0.25) is 0 Å². The zero-order chi connectivity index (χ0) is 25.2. The molecule has 0 saturated carbocycles. The lowest BCUT2D eigenvalue weighted by Gasteiger charge is -2.43. The van der Waals surface area contributed by atoms with Gasteiger partial charge in [0.1, 0.15) is 0 Å². The van der Waals surface area contributed by atoms with E-state index in [4.69, 9.17) is 4.43 Å². The molecule has 2 heteroatoms. The van der Waals surface area contributed by atoms with Crippen molar-refractivity contribution in [2.24, 2.45) is 0 Å². The number of rotatable bonds is 18. The minimum absolute atomic E-state index is 0.0566. The van der Waals surface area contributed by atoms with Crippen LogP contribution in [-0.2, 0) is 4.43 Å². The molecule has 0 amide bonds. The Labute approximate surface area is 218 Å². The minimum atomic E-state index is -2.38. The van der Waals surface area contributed by atoms with Gasteiger partial charge in [-0.25, -0.2) is 0 Å². The molecule has 0 aliphatic carbocycles. The molecule has 1 nitrogen and oxygen atoms in total. The zero-order valence-electron chi connectivity index (χ0n) is 23.2. The van der Waals surface area contributed by atoms with Crippen LogP contribution in [-0.4, -0.2) is 14.9 Å². The monoisotopic (exact) mass is 492 g/mol. The van der Waals surface area contributed by atoms with Gasteiger partial charge in [-0.15, -0.1) is 0 Å². The molecule has 0 spiro atoms. The van der Waals surface area contributed by atoms with Gasteiger partial charge >= 0.3 is 0 Å². The van der Waals surface area contributed by atoms with E-state index in [0.29, 0.717) is 0 Å². The third-order valence-corrected chi connectivity index (χ3v) is 12.2. The average Bonchev–Trinajstić information content (AvgIpc) is 2.86. The Balaban J connectivity index is 1.74.